The fraction of sp³-hybridized carbons (Fsp3) is 0.467. The van der Waals surface area contributed by atoms with E-state index < -0.39 is 0 Å². The average Bonchev–Trinajstić information content (AvgIpc) is 2.33. The number of phenols is 1. The molecule has 1 N–H and O–H groups in total. The monoisotopic (exact) mass is 231 g/mol. The van der Waals surface area contributed by atoms with Gasteiger partial charge in [-0.15, -0.1) is 6.58 Å². The predicted molar refractivity (Wildman–Crippen MR) is 71.3 cm³/mol. The van der Waals surface area contributed by atoms with Crippen LogP contribution in [0.15, 0.2) is 36.9 Å². The van der Waals surface area contributed by atoms with Crippen molar-refractivity contribution in [2.45, 2.75) is 24.7 Å². The molecule has 2 nitrogen and oxygen atoms in total. The molecule has 1 saturated heterocycles. The van der Waals surface area contributed by atoms with Gasteiger partial charge in [-0.2, -0.15) is 0 Å². The summed E-state index contributed by atoms with van der Waals surface area (Å²) in [5.41, 5.74) is 1.43. The molecule has 92 valence electrons. The molecule has 1 aromatic carbocycles. The van der Waals surface area contributed by atoms with E-state index in [-0.39, 0.29) is 5.41 Å². The van der Waals surface area contributed by atoms with Gasteiger partial charge in [0.05, 0.1) is 0 Å². The van der Waals surface area contributed by atoms with Gasteiger partial charge >= 0.3 is 0 Å². The van der Waals surface area contributed by atoms with E-state index in [1.807, 2.05) is 18.2 Å². The molecule has 1 aromatic rings. The number of benzene rings is 1. The number of allylic oxidation sites excluding steroid dienone is 1. The van der Waals surface area contributed by atoms with E-state index in [4.69, 9.17) is 0 Å². The number of rotatable bonds is 3. The van der Waals surface area contributed by atoms with Gasteiger partial charge in [-0.25, -0.2) is 0 Å². The van der Waals surface area contributed by atoms with E-state index in [1.54, 1.807) is 6.07 Å². The second-order valence-corrected chi connectivity index (χ2v) is 5.13. The molecule has 2 heteroatoms. The minimum Gasteiger partial charge on any atom is -0.508 e. The Balaban J connectivity index is 2.30. The topological polar surface area (TPSA) is 23.5 Å². The van der Waals surface area contributed by atoms with Crippen molar-refractivity contribution in [3.8, 4) is 5.75 Å². The molecular weight excluding hydrogens is 210 g/mol. The number of hydrogen-bond donors (Lipinski definition) is 1. The Bertz CT molecular complexity index is 392. The molecule has 0 aliphatic carbocycles. The average molecular weight is 231 g/mol. The lowest BCUT2D eigenvalue weighted by Crippen LogP contribution is -2.40. The van der Waals surface area contributed by atoms with Crippen LogP contribution < -0.4 is 0 Å². The van der Waals surface area contributed by atoms with Crippen molar-refractivity contribution >= 4 is 0 Å². The van der Waals surface area contributed by atoms with Gasteiger partial charge < -0.3 is 10.0 Å². The van der Waals surface area contributed by atoms with Gasteiger partial charge in [-0.1, -0.05) is 18.2 Å². The van der Waals surface area contributed by atoms with Crippen molar-refractivity contribution in [3.63, 3.8) is 0 Å². The first kappa shape index (κ1) is 12.2. The summed E-state index contributed by atoms with van der Waals surface area (Å²) in [6.45, 7) is 6.12. The second kappa shape index (κ2) is 4.92. The quantitative estimate of drug-likeness (QED) is 0.808. The van der Waals surface area contributed by atoms with Crippen LogP contribution in [0.5, 0.6) is 5.75 Å². The van der Waals surface area contributed by atoms with E-state index >= 15 is 0 Å². The summed E-state index contributed by atoms with van der Waals surface area (Å²) in [7, 11) is 2.17. The molecule has 2 rings (SSSR count). The number of hydrogen-bond acceptors (Lipinski definition) is 2. The first-order valence-corrected chi connectivity index (χ1v) is 6.25. The largest absolute Gasteiger partial charge is 0.508 e. The van der Waals surface area contributed by atoms with E-state index in [9.17, 15) is 5.11 Å². The lowest BCUT2D eigenvalue weighted by molar-refractivity contribution is 0.188. The first-order chi connectivity index (χ1) is 8.16. The highest BCUT2D eigenvalue weighted by Crippen LogP contribution is 2.39. The van der Waals surface area contributed by atoms with Crippen molar-refractivity contribution in [1.29, 1.82) is 0 Å². The highest BCUT2D eigenvalue weighted by Gasteiger charge is 2.34. The molecule has 1 heterocycles. The minimum absolute atomic E-state index is 0.174. The highest BCUT2D eigenvalue weighted by atomic mass is 16.3. The van der Waals surface area contributed by atoms with Crippen LogP contribution in [0.25, 0.3) is 0 Å². The van der Waals surface area contributed by atoms with E-state index in [2.05, 4.69) is 24.6 Å². The normalized spacial score (nSPS) is 20.1. The molecule has 0 bridgehead atoms. The summed E-state index contributed by atoms with van der Waals surface area (Å²) in [5, 5.41) is 9.64. The molecule has 1 aliphatic heterocycles. The number of piperidine rings is 1. The van der Waals surface area contributed by atoms with Crippen LogP contribution in [0, 0.1) is 0 Å². The zero-order valence-corrected chi connectivity index (χ0v) is 10.5. The summed E-state index contributed by atoms with van der Waals surface area (Å²) in [6, 6.07) is 7.72. The summed E-state index contributed by atoms with van der Waals surface area (Å²) < 4.78 is 0. The van der Waals surface area contributed by atoms with Crippen molar-refractivity contribution in [2.75, 3.05) is 20.1 Å². The maximum atomic E-state index is 9.64. The van der Waals surface area contributed by atoms with Crippen LogP contribution >= 0.6 is 0 Å². The Morgan fingerprint density at radius 3 is 2.71 bits per heavy atom. The van der Waals surface area contributed by atoms with Crippen LogP contribution in [0.4, 0.5) is 0 Å². The molecule has 1 aliphatic rings. The van der Waals surface area contributed by atoms with Gasteiger partial charge in [0.1, 0.15) is 5.75 Å². The maximum Gasteiger partial charge on any atom is 0.115 e. The van der Waals surface area contributed by atoms with Crippen molar-refractivity contribution in [3.05, 3.63) is 42.5 Å². The molecule has 1 fully saturated rings. The van der Waals surface area contributed by atoms with E-state index in [0.29, 0.717) is 5.75 Å². The molecule has 17 heavy (non-hydrogen) atoms. The van der Waals surface area contributed by atoms with Crippen molar-refractivity contribution in [2.24, 2.45) is 0 Å². The molecule has 0 radical (unpaired) electrons. The molecule has 0 atom stereocenters. The van der Waals surface area contributed by atoms with Gasteiger partial charge in [-0.05, 0) is 57.1 Å². The van der Waals surface area contributed by atoms with E-state index in [0.717, 1.165) is 32.4 Å². The molecule has 0 unspecified atom stereocenters. The first-order valence-electron chi connectivity index (χ1n) is 6.25. The highest BCUT2D eigenvalue weighted by molar-refractivity contribution is 5.34. The smallest absolute Gasteiger partial charge is 0.115 e. The fourth-order valence-corrected chi connectivity index (χ4v) is 2.77. The number of likely N-dealkylation sites (tertiary alicyclic amines) is 1. The molecular formula is C15H21NO. The zero-order chi connectivity index (χ0) is 12.3. The van der Waals surface area contributed by atoms with Crippen molar-refractivity contribution < 1.29 is 5.11 Å². The lowest BCUT2D eigenvalue weighted by Gasteiger charge is -2.40. The van der Waals surface area contributed by atoms with Gasteiger partial charge in [0.25, 0.3) is 0 Å². The Morgan fingerprint density at radius 2 is 2.12 bits per heavy atom. The number of phenolic OH excluding ortho intramolecular Hbond substituents is 1. The molecule has 0 saturated carbocycles. The van der Waals surface area contributed by atoms with Gasteiger partial charge in [-0.3, -0.25) is 0 Å². The Morgan fingerprint density at radius 1 is 1.41 bits per heavy atom. The van der Waals surface area contributed by atoms with Crippen LogP contribution in [-0.2, 0) is 5.41 Å². The SMILES string of the molecule is C=CCC1(c2cccc(O)c2)CCN(C)CC1. The summed E-state index contributed by atoms with van der Waals surface area (Å²) in [5.74, 6) is 0.366. The van der Waals surface area contributed by atoms with Gasteiger partial charge in [0, 0.05) is 5.41 Å². The zero-order valence-electron chi connectivity index (χ0n) is 10.5. The van der Waals surface area contributed by atoms with Crippen LogP contribution in [0.2, 0.25) is 0 Å². The number of nitrogens with zero attached hydrogens (tertiary/aromatic N) is 1. The van der Waals surface area contributed by atoms with E-state index in [1.165, 1.54) is 5.56 Å². The Hall–Kier alpha value is -1.28. The third-order valence-electron chi connectivity index (χ3n) is 3.94. The molecule has 0 aromatic heterocycles. The predicted octanol–water partition coefficient (Wildman–Crippen LogP) is 2.93. The van der Waals surface area contributed by atoms with Crippen LogP contribution in [-0.4, -0.2) is 30.1 Å². The van der Waals surface area contributed by atoms with Crippen molar-refractivity contribution in [1.82, 2.24) is 4.90 Å². The second-order valence-electron chi connectivity index (χ2n) is 5.13. The summed E-state index contributed by atoms with van der Waals surface area (Å²) >= 11 is 0. The maximum absolute atomic E-state index is 9.64. The third-order valence-corrected chi connectivity index (χ3v) is 3.94. The van der Waals surface area contributed by atoms with Gasteiger partial charge in [0.15, 0.2) is 0 Å². The third kappa shape index (κ3) is 2.52. The fourth-order valence-electron chi connectivity index (χ4n) is 2.77. The summed E-state index contributed by atoms with van der Waals surface area (Å²) in [6.07, 6.45) is 5.28. The van der Waals surface area contributed by atoms with Crippen LogP contribution in [0.1, 0.15) is 24.8 Å². The Kier molecular flexibility index (Phi) is 3.53. The van der Waals surface area contributed by atoms with Crippen LogP contribution in [0.3, 0.4) is 0 Å². The minimum atomic E-state index is 0.174. The molecule has 0 amide bonds. The summed E-state index contributed by atoms with van der Waals surface area (Å²) in [4.78, 5) is 2.37. The Labute approximate surface area is 104 Å². The lowest BCUT2D eigenvalue weighted by atomic mass is 9.70. The molecule has 0 spiro atoms. The number of aromatic hydroxyl groups is 1. The van der Waals surface area contributed by atoms with Gasteiger partial charge in [0.2, 0.25) is 0 Å². The standard InChI is InChI=1S/C15H21NO/c1-3-7-15(8-10-16(2)11-9-15)13-5-4-6-14(17)12-13/h3-6,12,17H,1,7-11H2,2H3.